The average molecular weight is 316 g/mol. The second-order valence-electron chi connectivity index (χ2n) is 4.76. The molecule has 0 bridgehead atoms. The van der Waals surface area contributed by atoms with Gasteiger partial charge >= 0.3 is 0 Å². The van der Waals surface area contributed by atoms with Crippen molar-refractivity contribution < 1.29 is 4.79 Å². The zero-order valence-electron chi connectivity index (χ0n) is 10.7. The maximum atomic E-state index is 12.1. The maximum absolute atomic E-state index is 12.1. The summed E-state index contributed by atoms with van der Waals surface area (Å²) in [7, 11) is 0. The van der Waals surface area contributed by atoms with E-state index in [1.165, 1.54) is 11.1 Å². The molecule has 0 fully saturated rings. The van der Waals surface area contributed by atoms with E-state index in [1.54, 1.807) is 6.92 Å². The van der Waals surface area contributed by atoms with Crippen molar-refractivity contribution in [3.05, 3.63) is 58.1 Å². The van der Waals surface area contributed by atoms with Gasteiger partial charge in [0.25, 0.3) is 0 Å². The zero-order valence-corrected chi connectivity index (χ0v) is 12.3. The monoisotopic (exact) mass is 315 g/mol. The van der Waals surface area contributed by atoms with E-state index in [9.17, 15) is 4.79 Å². The number of carbonyl (C=O) groups is 1. The number of aryl methyl sites for hydroxylation is 2. The van der Waals surface area contributed by atoms with Crippen LogP contribution in [-0.2, 0) is 17.6 Å². The molecular formula is C16H14BrNO. The van der Waals surface area contributed by atoms with Crippen molar-refractivity contribution in [1.29, 1.82) is 0 Å². The number of anilines is 2. The topological polar surface area (TPSA) is 20.3 Å². The lowest BCUT2D eigenvalue weighted by Gasteiger charge is -2.23. The number of hydrogen-bond acceptors (Lipinski definition) is 1. The summed E-state index contributed by atoms with van der Waals surface area (Å²) in [5.74, 6) is 0.0536. The average Bonchev–Trinajstić information content (AvgIpc) is 2.55. The Hall–Kier alpha value is -1.61. The van der Waals surface area contributed by atoms with Gasteiger partial charge in [-0.3, -0.25) is 9.69 Å². The molecular weight excluding hydrogens is 302 g/mol. The first-order valence-electron chi connectivity index (χ1n) is 6.34. The van der Waals surface area contributed by atoms with Crippen molar-refractivity contribution in [2.75, 3.05) is 4.90 Å². The number of amides is 1. The number of benzene rings is 2. The molecule has 3 heteroatoms. The van der Waals surface area contributed by atoms with Crippen molar-refractivity contribution in [2.45, 2.75) is 19.8 Å². The molecule has 96 valence electrons. The number of para-hydroxylation sites is 1. The molecule has 0 N–H and O–H groups in total. The molecule has 3 rings (SSSR count). The van der Waals surface area contributed by atoms with E-state index in [2.05, 4.69) is 28.1 Å². The Morgan fingerprint density at radius 1 is 1.05 bits per heavy atom. The Bertz CT molecular complexity index is 651. The van der Waals surface area contributed by atoms with Gasteiger partial charge in [0.2, 0.25) is 5.91 Å². The second kappa shape index (κ2) is 4.82. The molecule has 1 heterocycles. The Labute approximate surface area is 121 Å². The molecule has 0 spiro atoms. The van der Waals surface area contributed by atoms with Crippen LogP contribution in [-0.4, -0.2) is 5.91 Å². The number of nitrogens with zero attached hydrogens (tertiary/aromatic N) is 1. The van der Waals surface area contributed by atoms with Gasteiger partial charge in [0, 0.05) is 11.4 Å². The minimum Gasteiger partial charge on any atom is -0.281 e. The van der Waals surface area contributed by atoms with E-state index in [1.807, 2.05) is 35.2 Å². The van der Waals surface area contributed by atoms with Crippen LogP contribution in [0.1, 0.15) is 18.1 Å². The van der Waals surface area contributed by atoms with Crippen LogP contribution in [0, 0.1) is 0 Å². The predicted molar refractivity (Wildman–Crippen MR) is 80.8 cm³/mol. The molecule has 2 aromatic rings. The van der Waals surface area contributed by atoms with Crippen molar-refractivity contribution >= 4 is 33.2 Å². The van der Waals surface area contributed by atoms with Gasteiger partial charge < -0.3 is 0 Å². The third-order valence-corrected chi connectivity index (χ3v) is 3.99. The smallest absolute Gasteiger partial charge is 0.228 e. The quantitative estimate of drug-likeness (QED) is 0.712. The molecule has 0 radical (unpaired) electrons. The predicted octanol–water partition coefficient (Wildman–Crippen LogP) is 4.23. The molecule has 19 heavy (non-hydrogen) atoms. The fourth-order valence-corrected chi connectivity index (χ4v) is 3.06. The first-order chi connectivity index (χ1) is 9.16. The van der Waals surface area contributed by atoms with Crippen LogP contribution in [0.5, 0.6) is 0 Å². The molecule has 1 aliphatic rings. The van der Waals surface area contributed by atoms with Crippen molar-refractivity contribution in [3.8, 4) is 0 Å². The van der Waals surface area contributed by atoms with E-state index in [4.69, 9.17) is 0 Å². The number of rotatable bonds is 0. The van der Waals surface area contributed by atoms with Gasteiger partial charge in [-0.1, -0.05) is 34.1 Å². The molecule has 0 unspecified atom stereocenters. The largest absolute Gasteiger partial charge is 0.281 e. The molecule has 0 atom stereocenters. The van der Waals surface area contributed by atoms with Gasteiger partial charge in [0.05, 0.1) is 11.4 Å². The summed E-state index contributed by atoms with van der Waals surface area (Å²) in [6.07, 6.45) is 1.92. The lowest BCUT2D eigenvalue weighted by molar-refractivity contribution is -0.115. The van der Waals surface area contributed by atoms with Crippen LogP contribution in [0.4, 0.5) is 11.4 Å². The number of hydrogen-bond donors (Lipinski definition) is 0. The Balaban J connectivity index is 2.24. The summed E-state index contributed by atoms with van der Waals surface area (Å²) in [6, 6.07) is 14.3. The van der Waals surface area contributed by atoms with Gasteiger partial charge in [0.15, 0.2) is 0 Å². The highest BCUT2D eigenvalue weighted by Crippen LogP contribution is 2.37. The molecule has 0 saturated carbocycles. The third kappa shape index (κ3) is 2.19. The lowest BCUT2D eigenvalue weighted by atomic mass is 10.0. The number of carbonyl (C=O) groups excluding carboxylic acids is 1. The van der Waals surface area contributed by atoms with Crippen molar-refractivity contribution in [3.63, 3.8) is 0 Å². The lowest BCUT2D eigenvalue weighted by Crippen LogP contribution is -2.23. The molecule has 0 saturated heterocycles. The van der Waals surface area contributed by atoms with Crippen LogP contribution < -0.4 is 4.90 Å². The summed E-state index contributed by atoms with van der Waals surface area (Å²) in [5, 5.41) is 0. The molecule has 0 aliphatic carbocycles. The molecule has 2 nitrogen and oxygen atoms in total. The van der Waals surface area contributed by atoms with Gasteiger partial charge in [0.1, 0.15) is 0 Å². The first-order valence-corrected chi connectivity index (χ1v) is 7.13. The van der Waals surface area contributed by atoms with Crippen LogP contribution >= 0.6 is 15.9 Å². The van der Waals surface area contributed by atoms with Gasteiger partial charge in [-0.15, -0.1) is 0 Å². The number of fused-ring (bicyclic) bond motifs is 2. The standard InChI is InChI=1S/C16H14BrNO/c1-11(19)18-15-5-3-2-4-12(15)6-7-13-10-14(17)8-9-16(13)18/h2-5,8-10H,6-7H2,1H3. The molecule has 1 aliphatic heterocycles. The van der Waals surface area contributed by atoms with Crippen LogP contribution in [0.2, 0.25) is 0 Å². The van der Waals surface area contributed by atoms with E-state index in [0.717, 1.165) is 28.7 Å². The highest BCUT2D eigenvalue weighted by Gasteiger charge is 2.23. The molecule has 2 aromatic carbocycles. The normalized spacial score (nSPS) is 13.5. The van der Waals surface area contributed by atoms with E-state index in [0.29, 0.717) is 0 Å². The fourth-order valence-electron chi connectivity index (χ4n) is 2.65. The molecule has 1 amide bonds. The fraction of sp³-hybridized carbons (Fsp3) is 0.188. The Kier molecular flexibility index (Phi) is 3.15. The van der Waals surface area contributed by atoms with Crippen LogP contribution in [0.25, 0.3) is 0 Å². The Morgan fingerprint density at radius 2 is 1.74 bits per heavy atom. The highest BCUT2D eigenvalue weighted by molar-refractivity contribution is 9.10. The maximum Gasteiger partial charge on any atom is 0.228 e. The van der Waals surface area contributed by atoms with E-state index in [-0.39, 0.29) is 5.91 Å². The third-order valence-electron chi connectivity index (χ3n) is 3.49. The van der Waals surface area contributed by atoms with Crippen LogP contribution in [0.15, 0.2) is 46.9 Å². The van der Waals surface area contributed by atoms with Crippen molar-refractivity contribution in [1.82, 2.24) is 0 Å². The summed E-state index contributed by atoms with van der Waals surface area (Å²) in [6.45, 7) is 1.62. The highest BCUT2D eigenvalue weighted by atomic mass is 79.9. The minimum absolute atomic E-state index is 0.0536. The summed E-state index contributed by atoms with van der Waals surface area (Å²) < 4.78 is 1.06. The second-order valence-corrected chi connectivity index (χ2v) is 5.67. The van der Waals surface area contributed by atoms with Gasteiger partial charge in [-0.2, -0.15) is 0 Å². The molecule has 0 aromatic heterocycles. The minimum atomic E-state index is 0.0536. The van der Waals surface area contributed by atoms with Gasteiger partial charge in [-0.25, -0.2) is 0 Å². The summed E-state index contributed by atoms with van der Waals surface area (Å²) in [4.78, 5) is 13.9. The SMILES string of the molecule is CC(=O)N1c2ccccc2CCc2cc(Br)ccc21. The summed E-state index contributed by atoms with van der Waals surface area (Å²) >= 11 is 3.50. The first kappa shape index (κ1) is 12.4. The van der Waals surface area contributed by atoms with E-state index < -0.39 is 0 Å². The van der Waals surface area contributed by atoms with E-state index >= 15 is 0 Å². The van der Waals surface area contributed by atoms with Crippen molar-refractivity contribution in [2.24, 2.45) is 0 Å². The Morgan fingerprint density at radius 3 is 2.53 bits per heavy atom. The summed E-state index contributed by atoms with van der Waals surface area (Å²) in [5.41, 5.74) is 4.45. The van der Waals surface area contributed by atoms with Gasteiger partial charge in [-0.05, 0) is 48.2 Å². The van der Waals surface area contributed by atoms with Crippen LogP contribution in [0.3, 0.4) is 0 Å². The number of halogens is 1. The zero-order chi connectivity index (χ0) is 13.4.